The van der Waals surface area contributed by atoms with Gasteiger partial charge in [0.2, 0.25) is 0 Å². The first kappa shape index (κ1) is 16.2. The molecule has 1 amide bonds. The fourth-order valence-corrected chi connectivity index (χ4v) is 3.42. The molecule has 1 aromatic heterocycles. The van der Waals surface area contributed by atoms with Crippen molar-refractivity contribution in [1.29, 1.82) is 0 Å². The summed E-state index contributed by atoms with van der Waals surface area (Å²) in [5.74, 6) is 2.53. The zero-order valence-corrected chi connectivity index (χ0v) is 15.3. The smallest absolute Gasteiger partial charge is 0.254 e. The van der Waals surface area contributed by atoms with Gasteiger partial charge in [-0.3, -0.25) is 4.79 Å². The van der Waals surface area contributed by atoms with Gasteiger partial charge in [-0.05, 0) is 36.6 Å². The lowest BCUT2D eigenvalue weighted by Crippen LogP contribution is -2.39. The van der Waals surface area contributed by atoms with Crippen LogP contribution >= 0.6 is 15.9 Å². The molecule has 2 aromatic rings. The van der Waals surface area contributed by atoms with Crippen molar-refractivity contribution in [2.24, 2.45) is 5.92 Å². The summed E-state index contributed by atoms with van der Waals surface area (Å²) in [5, 5.41) is 8.59. The van der Waals surface area contributed by atoms with Gasteiger partial charge in [-0.25, -0.2) is 0 Å². The van der Waals surface area contributed by atoms with Crippen molar-refractivity contribution in [1.82, 2.24) is 19.7 Å². The number of aryl methyl sites for hydroxylation is 1. The van der Waals surface area contributed by atoms with E-state index in [1.165, 1.54) is 0 Å². The summed E-state index contributed by atoms with van der Waals surface area (Å²) in [6.07, 6.45) is 0.923. The van der Waals surface area contributed by atoms with Crippen LogP contribution in [-0.4, -0.2) is 32.1 Å². The fourth-order valence-electron chi connectivity index (χ4n) is 2.94. The Kier molecular flexibility index (Phi) is 4.53. The Balaban J connectivity index is 1.79. The molecule has 0 fully saturated rings. The molecule has 0 atom stereocenters. The van der Waals surface area contributed by atoms with Crippen LogP contribution in [0.1, 0.15) is 41.4 Å². The third kappa shape index (κ3) is 3.32. The van der Waals surface area contributed by atoms with Crippen LogP contribution in [0.15, 0.2) is 22.7 Å². The first-order chi connectivity index (χ1) is 11.0. The van der Waals surface area contributed by atoms with E-state index in [2.05, 4.69) is 44.5 Å². The summed E-state index contributed by atoms with van der Waals surface area (Å²) in [4.78, 5) is 14.6. The molecule has 0 aliphatic carbocycles. The molecule has 5 nitrogen and oxygen atoms in total. The van der Waals surface area contributed by atoms with E-state index in [4.69, 9.17) is 0 Å². The molecule has 23 heavy (non-hydrogen) atoms. The van der Waals surface area contributed by atoms with E-state index in [1.807, 2.05) is 30.0 Å². The Hall–Kier alpha value is -1.69. The topological polar surface area (TPSA) is 51.0 Å². The number of halogens is 1. The van der Waals surface area contributed by atoms with Crippen LogP contribution in [0.3, 0.4) is 0 Å². The molecule has 0 saturated carbocycles. The number of carbonyl (C=O) groups is 1. The highest BCUT2D eigenvalue weighted by Crippen LogP contribution is 2.21. The number of amides is 1. The first-order valence-corrected chi connectivity index (χ1v) is 8.71. The van der Waals surface area contributed by atoms with Gasteiger partial charge in [0.25, 0.3) is 5.91 Å². The van der Waals surface area contributed by atoms with Crippen molar-refractivity contribution in [3.63, 3.8) is 0 Å². The van der Waals surface area contributed by atoms with Gasteiger partial charge in [-0.15, -0.1) is 10.2 Å². The number of nitrogens with zero attached hydrogens (tertiary/aromatic N) is 4. The van der Waals surface area contributed by atoms with Crippen molar-refractivity contribution in [2.75, 3.05) is 6.54 Å². The second-order valence-electron chi connectivity index (χ2n) is 6.47. The third-order valence-electron chi connectivity index (χ3n) is 4.13. The Morgan fingerprint density at radius 2 is 2.09 bits per heavy atom. The van der Waals surface area contributed by atoms with E-state index in [0.29, 0.717) is 19.0 Å². The van der Waals surface area contributed by atoms with Gasteiger partial charge in [0.1, 0.15) is 5.82 Å². The van der Waals surface area contributed by atoms with Gasteiger partial charge in [-0.1, -0.05) is 29.8 Å². The first-order valence-electron chi connectivity index (χ1n) is 7.92. The second kappa shape index (κ2) is 6.43. The SMILES string of the molecule is Cc1cc(Br)ccc1C(=O)N1CCn2c(CC(C)C)nnc2C1. The van der Waals surface area contributed by atoms with Gasteiger partial charge >= 0.3 is 0 Å². The Morgan fingerprint density at radius 1 is 1.30 bits per heavy atom. The largest absolute Gasteiger partial charge is 0.329 e. The molecule has 1 aliphatic heterocycles. The molecule has 0 N–H and O–H groups in total. The minimum Gasteiger partial charge on any atom is -0.329 e. The van der Waals surface area contributed by atoms with E-state index in [9.17, 15) is 4.79 Å². The maximum Gasteiger partial charge on any atom is 0.254 e. The maximum atomic E-state index is 12.8. The molecule has 2 heterocycles. The van der Waals surface area contributed by atoms with Gasteiger partial charge < -0.3 is 9.47 Å². The minimum atomic E-state index is 0.0645. The molecular weight excluding hydrogens is 356 g/mol. The van der Waals surface area contributed by atoms with Crippen LogP contribution in [0.5, 0.6) is 0 Å². The molecule has 1 aromatic carbocycles. The quantitative estimate of drug-likeness (QED) is 0.826. The van der Waals surface area contributed by atoms with Crippen LogP contribution in [0.2, 0.25) is 0 Å². The summed E-state index contributed by atoms with van der Waals surface area (Å²) >= 11 is 3.44. The second-order valence-corrected chi connectivity index (χ2v) is 7.38. The number of aromatic nitrogens is 3. The summed E-state index contributed by atoms with van der Waals surface area (Å²) in [7, 11) is 0. The zero-order chi connectivity index (χ0) is 16.6. The highest BCUT2D eigenvalue weighted by molar-refractivity contribution is 9.10. The summed E-state index contributed by atoms with van der Waals surface area (Å²) < 4.78 is 3.15. The third-order valence-corrected chi connectivity index (χ3v) is 4.62. The molecule has 122 valence electrons. The number of carbonyl (C=O) groups excluding carboxylic acids is 1. The van der Waals surface area contributed by atoms with Gasteiger partial charge in [0.15, 0.2) is 5.82 Å². The standard InChI is InChI=1S/C17H21BrN4O/c1-11(2)8-15-19-20-16-10-21(6-7-22(15)16)17(23)14-5-4-13(18)9-12(14)3/h4-5,9,11H,6-8,10H2,1-3H3. The van der Waals surface area contributed by atoms with E-state index in [-0.39, 0.29) is 5.91 Å². The van der Waals surface area contributed by atoms with Gasteiger partial charge in [0, 0.05) is 29.5 Å². The lowest BCUT2D eigenvalue weighted by Gasteiger charge is -2.28. The normalized spacial score (nSPS) is 14.2. The molecule has 6 heteroatoms. The van der Waals surface area contributed by atoms with Crippen molar-refractivity contribution in [3.05, 3.63) is 45.4 Å². The molecule has 3 rings (SSSR count). The van der Waals surface area contributed by atoms with Gasteiger partial charge in [0.05, 0.1) is 6.54 Å². The number of rotatable bonds is 3. The molecule has 0 unspecified atom stereocenters. The average molecular weight is 377 g/mol. The highest BCUT2D eigenvalue weighted by Gasteiger charge is 2.26. The predicted octanol–water partition coefficient (Wildman–Crippen LogP) is 3.20. The van der Waals surface area contributed by atoms with Crippen LogP contribution in [0.25, 0.3) is 0 Å². The minimum absolute atomic E-state index is 0.0645. The van der Waals surface area contributed by atoms with E-state index in [1.54, 1.807) is 0 Å². The average Bonchev–Trinajstić information content (AvgIpc) is 2.88. The van der Waals surface area contributed by atoms with Crippen molar-refractivity contribution < 1.29 is 4.79 Å². The number of hydrogen-bond donors (Lipinski definition) is 0. The molecule has 1 aliphatic rings. The van der Waals surface area contributed by atoms with E-state index in [0.717, 1.165) is 40.2 Å². The molecule has 0 spiro atoms. The van der Waals surface area contributed by atoms with E-state index < -0.39 is 0 Å². The molecule has 0 radical (unpaired) electrons. The Bertz CT molecular complexity index is 738. The molecular formula is C17H21BrN4O. The van der Waals surface area contributed by atoms with Gasteiger partial charge in [-0.2, -0.15) is 0 Å². The van der Waals surface area contributed by atoms with Crippen LogP contribution in [-0.2, 0) is 19.5 Å². The Labute approximate surface area is 144 Å². The van der Waals surface area contributed by atoms with Crippen molar-refractivity contribution >= 4 is 21.8 Å². The fraction of sp³-hybridized carbons (Fsp3) is 0.471. The summed E-state index contributed by atoms with van der Waals surface area (Å²) in [6.45, 7) is 8.31. The summed E-state index contributed by atoms with van der Waals surface area (Å²) in [5.41, 5.74) is 1.74. The monoisotopic (exact) mass is 376 g/mol. The molecule has 0 saturated heterocycles. The molecule has 0 bridgehead atoms. The Morgan fingerprint density at radius 3 is 2.78 bits per heavy atom. The van der Waals surface area contributed by atoms with E-state index >= 15 is 0 Å². The van der Waals surface area contributed by atoms with Crippen LogP contribution < -0.4 is 0 Å². The number of fused-ring (bicyclic) bond motifs is 1. The van der Waals surface area contributed by atoms with Crippen LogP contribution in [0, 0.1) is 12.8 Å². The van der Waals surface area contributed by atoms with Crippen LogP contribution in [0.4, 0.5) is 0 Å². The lowest BCUT2D eigenvalue weighted by atomic mass is 10.1. The van der Waals surface area contributed by atoms with Crippen molar-refractivity contribution in [2.45, 2.75) is 40.3 Å². The number of benzene rings is 1. The highest BCUT2D eigenvalue weighted by atomic mass is 79.9. The summed E-state index contributed by atoms with van der Waals surface area (Å²) in [6, 6.07) is 5.76. The number of hydrogen-bond acceptors (Lipinski definition) is 3. The zero-order valence-electron chi connectivity index (χ0n) is 13.7. The van der Waals surface area contributed by atoms with Crippen molar-refractivity contribution in [3.8, 4) is 0 Å². The predicted molar refractivity (Wildman–Crippen MR) is 92.2 cm³/mol. The maximum absolute atomic E-state index is 12.8. The lowest BCUT2D eigenvalue weighted by molar-refractivity contribution is 0.0705.